The molecular formula is C16H16BrNO. The Kier molecular flexibility index (Phi) is 3.47. The van der Waals surface area contributed by atoms with Crippen LogP contribution in [-0.2, 0) is 0 Å². The van der Waals surface area contributed by atoms with Crippen molar-refractivity contribution in [2.75, 3.05) is 11.9 Å². The lowest BCUT2D eigenvalue weighted by Gasteiger charge is -2.32. The molecule has 1 heterocycles. The van der Waals surface area contributed by atoms with Crippen LogP contribution in [0.15, 0.2) is 53.0 Å². The minimum atomic E-state index is 0.291. The Morgan fingerprint density at radius 1 is 1.16 bits per heavy atom. The summed E-state index contributed by atoms with van der Waals surface area (Å²) in [6.07, 6.45) is 0. The molecule has 2 atom stereocenters. The van der Waals surface area contributed by atoms with E-state index in [1.54, 1.807) is 0 Å². The number of ether oxygens (including phenoxy) is 1. The normalized spacial score (nSPS) is 21.4. The molecule has 1 aliphatic rings. The van der Waals surface area contributed by atoms with Crippen molar-refractivity contribution in [2.45, 2.75) is 13.0 Å². The Balaban J connectivity index is 1.91. The molecule has 0 bridgehead atoms. The van der Waals surface area contributed by atoms with Gasteiger partial charge in [0.25, 0.3) is 0 Å². The Morgan fingerprint density at radius 3 is 2.84 bits per heavy atom. The van der Waals surface area contributed by atoms with Gasteiger partial charge in [-0.3, -0.25) is 0 Å². The van der Waals surface area contributed by atoms with Gasteiger partial charge in [0, 0.05) is 21.6 Å². The molecule has 0 amide bonds. The molecule has 2 nitrogen and oxygen atoms in total. The second kappa shape index (κ2) is 5.25. The second-order valence-electron chi connectivity index (χ2n) is 4.96. The lowest BCUT2D eigenvalue weighted by molar-refractivity contribution is 0.214. The summed E-state index contributed by atoms with van der Waals surface area (Å²) in [4.78, 5) is 0. The maximum Gasteiger partial charge on any atom is 0.124 e. The van der Waals surface area contributed by atoms with E-state index in [4.69, 9.17) is 4.74 Å². The smallest absolute Gasteiger partial charge is 0.124 e. The number of hydrogen-bond donors (Lipinski definition) is 1. The van der Waals surface area contributed by atoms with Gasteiger partial charge in [0.15, 0.2) is 0 Å². The molecule has 0 aromatic heterocycles. The zero-order chi connectivity index (χ0) is 13.2. The summed E-state index contributed by atoms with van der Waals surface area (Å²) < 4.78 is 6.87. The van der Waals surface area contributed by atoms with E-state index in [2.05, 4.69) is 52.4 Å². The van der Waals surface area contributed by atoms with Crippen molar-refractivity contribution in [3.8, 4) is 5.75 Å². The van der Waals surface area contributed by atoms with Gasteiger partial charge < -0.3 is 10.1 Å². The van der Waals surface area contributed by atoms with E-state index in [1.165, 1.54) is 5.56 Å². The molecule has 0 radical (unpaired) electrons. The maximum absolute atomic E-state index is 5.78. The van der Waals surface area contributed by atoms with Crippen molar-refractivity contribution in [3.63, 3.8) is 0 Å². The Hall–Kier alpha value is -1.48. The zero-order valence-corrected chi connectivity index (χ0v) is 12.4. The predicted octanol–water partition coefficient (Wildman–Crippen LogP) is 4.63. The summed E-state index contributed by atoms with van der Waals surface area (Å²) in [6.45, 7) is 2.97. The monoisotopic (exact) mass is 317 g/mol. The molecule has 2 aromatic carbocycles. The number of anilines is 1. The lowest BCUT2D eigenvalue weighted by Crippen LogP contribution is -2.28. The zero-order valence-electron chi connectivity index (χ0n) is 10.8. The van der Waals surface area contributed by atoms with Crippen LogP contribution >= 0.6 is 15.9 Å². The van der Waals surface area contributed by atoms with Crippen LogP contribution in [0.1, 0.15) is 18.5 Å². The standard InChI is InChI=1S/C16H16BrNO/c1-11-10-19-15-8-3-2-7-14(15)16(11)18-13-6-4-5-12(17)9-13/h2-9,11,16,18H,10H2,1H3. The van der Waals surface area contributed by atoms with Crippen LogP contribution in [0.5, 0.6) is 5.75 Å². The molecule has 2 unspecified atom stereocenters. The fourth-order valence-corrected chi connectivity index (χ4v) is 2.87. The van der Waals surface area contributed by atoms with Crippen molar-refractivity contribution in [1.29, 1.82) is 0 Å². The van der Waals surface area contributed by atoms with Gasteiger partial charge in [0.1, 0.15) is 5.75 Å². The SMILES string of the molecule is CC1COc2ccccc2C1Nc1cccc(Br)c1. The molecule has 0 fully saturated rings. The average molecular weight is 318 g/mol. The molecule has 19 heavy (non-hydrogen) atoms. The number of rotatable bonds is 2. The summed E-state index contributed by atoms with van der Waals surface area (Å²) in [5, 5.41) is 3.62. The Labute approximate surface area is 121 Å². The highest BCUT2D eigenvalue weighted by Gasteiger charge is 2.27. The van der Waals surface area contributed by atoms with Gasteiger partial charge in [-0.15, -0.1) is 0 Å². The molecule has 0 spiro atoms. The van der Waals surface area contributed by atoms with E-state index in [0.717, 1.165) is 22.5 Å². The van der Waals surface area contributed by atoms with Crippen LogP contribution in [0.2, 0.25) is 0 Å². The second-order valence-corrected chi connectivity index (χ2v) is 5.87. The predicted molar refractivity (Wildman–Crippen MR) is 81.6 cm³/mol. The van der Waals surface area contributed by atoms with Gasteiger partial charge in [0.05, 0.1) is 12.6 Å². The molecule has 98 valence electrons. The van der Waals surface area contributed by atoms with Gasteiger partial charge in [0.2, 0.25) is 0 Å². The third kappa shape index (κ3) is 2.61. The first-order valence-corrected chi connectivity index (χ1v) is 7.27. The largest absolute Gasteiger partial charge is 0.493 e. The Morgan fingerprint density at radius 2 is 2.00 bits per heavy atom. The minimum absolute atomic E-state index is 0.291. The van der Waals surface area contributed by atoms with E-state index in [9.17, 15) is 0 Å². The van der Waals surface area contributed by atoms with Crippen LogP contribution in [0.4, 0.5) is 5.69 Å². The summed E-state index contributed by atoms with van der Waals surface area (Å²) in [5.74, 6) is 1.43. The molecule has 0 aliphatic carbocycles. The van der Waals surface area contributed by atoms with Gasteiger partial charge in [-0.05, 0) is 24.3 Å². The average Bonchev–Trinajstić information content (AvgIpc) is 2.42. The van der Waals surface area contributed by atoms with Gasteiger partial charge in [-0.1, -0.05) is 47.1 Å². The van der Waals surface area contributed by atoms with Crippen LogP contribution in [0.25, 0.3) is 0 Å². The third-order valence-corrected chi connectivity index (χ3v) is 3.96. The quantitative estimate of drug-likeness (QED) is 0.871. The van der Waals surface area contributed by atoms with E-state index in [-0.39, 0.29) is 0 Å². The number of para-hydroxylation sites is 1. The molecule has 1 aliphatic heterocycles. The molecule has 3 heteroatoms. The summed E-state index contributed by atoms with van der Waals surface area (Å²) in [7, 11) is 0. The first-order valence-electron chi connectivity index (χ1n) is 6.48. The lowest BCUT2D eigenvalue weighted by atomic mass is 9.92. The number of hydrogen-bond acceptors (Lipinski definition) is 2. The fourth-order valence-electron chi connectivity index (χ4n) is 2.47. The van der Waals surface area contributed by atoms with E-state index < -0.39 is 0 Å². The molecule has 1 N–H and O–H groups in total. The minimum Gasteiger partial charge on any atom is -0.493 e. The highest BCUT2D eigenvalue weighted by atomic mass is 79.9. The van der Waals surface area contributed by atoms with Crippen LogP contribution in [-0.4, -0.2) is 6.61 Å². The van der Waals surface area contributed by atoms with Crippen LogP contribution in [0.3, 0.4) is 0 Å². The molecule has 3 rings (SSSR count). The van der Waals surface area contributed by atoms with E-state index in [0.29, 0.717) is 12.0 Å². The molecule has 0 saturated heterocycles. The summed E-state index contributed by atoms with van der Waals surface area (Å²) in [5.41, 5.74) is 2.36. The Bertz CT molecular complexity index is 584. The number of fused-ring (bicyclic) bond motifs is 1. The summed E-state index contributed by atoms with van der Waals surface area (Å²) >= 11 is 3.51. The summed E-state index contributed by atoms with van der Waals surface area (Å²) in [6, 6.07) is 16.8. The molecular weight excluding hydrogens is 302 g/mol. The number of nitrogens with one attached hydrogen (secondary N) is 1. The van der Waals surface area contributed by atoms with E-state index >= 15 is 0 Å². The topological polar surface area (TPSA) is 21.3 Å². The first-order chi connectivity index (χ1) is 9.24. The van der Waals surface area contributed by atoms with Crippen molar-refractivity contribution < 1.29 is 4.74 Å². The number of halogens is 1. The van der Waals surface area contributed by atoms with Crippen LogP contribution in [0, 0.1) is 5.92 Å². The van der Waals surface area contributed by atoms with Crippen molar-refractivity contribution in [2.24, 2.45) is 5.92 Å². The number of benzene rings is 2. The van der Waals surface area contributed by atoms with E-state index in [1.807, 2.05) is 24.3 Å². The molecule has 2 aromatic rings. The van der Waals surface area contributed by atoms with Crippen molar-refractivity contribution in [3.05, 3.63) is 58.6 Å². The fraction of sp³-hybridized carbons (Fsp3) is 0.250. The molecule has 0 saturated carbocycles. The third-order valence-electron chi connectivity index (χ3n) is 3.47. The van der Waals surface area contributed by atoms with Gasteiger partial charge in [-0.25, -0.2) is 0 Å². The van der Waals surface area contributed by atoms with Gasteiger partial charge >= 0.3 is 0 Å². The van der Waals surface area contributed by atoms with Crippen LogP contribution < -0.4 is 10.1 Å². The van der Waals surface area contributed by atoms with Crippen molar-refractivity contribution >= 4 is 21.6 Å². The highest BCUT2D eigenvalue weighted by Crippen LogP contribution is 2.37. The highest BCUT2D eigenvalue weighted by molar-refractivity contribution is 9.10. The van der Waals surface area contributed by atoms with Gasteiger partial charge in [-0.2, -0.15) is 0 Å². The maximum atomic E-state index is 5.78. The van der Waals surface area contributed by atoms with Crippen molar-refractivity contribution in [1.82, 2.24) is 0 Å². The first kappa shape index (κ1) is 12.5.